The molecule has 0 bridgehead atoms. The molecule has 26 heavy (non-hydrogen) atoms. The largest absolute Gasteiger partial charge is 0.493 e. The van der Waals surface area contributed by atoms with Gasteiger partial charge >= 0.3 is 0 Å². The number of aryl methyl sites for hydroxylation is 1. The predicted octanol–water partition coefficient (Wildman–Crippen LogP) is 3.10. The van der Waals surface area contributed by atoms with E-state index in [4.69, 9.17) is 9.47 Å². The highest BCUT2D eigenvalue weighted by Crippen LogP contribution is 2.32. The van der Waals surface area contributed by atoms with Crippen molar-refractivity contribution in [1.29, 1.82) is 0 Å². The number of nitrogens with zero attached hydrogens (tertiary/aromatic N) is 1. The minimum Gasteiger partial charge on any atom is -0.493 e. The van der Waals surface area contributed by atoms with E-state index in [-0.39, 0.29) is 17.5 Å². The van der Waals surface area contributed by atoms with Gasteiger partial charge in [-0.15, -0.1) is 0 Å². The van der Waals surface area contributed by atoms with E-state index in [1.165, 1.54) is 13.5 Å². The number of aromatic nitrogens is 1. The molecule has 1 amide bonds. The molecule has 1 N–H and O–H groups in total. The van der Waals surface area contributed by atoms with Crippen molar-refractivity contribution in [2.45, 2.75) is 51.6 Å². The van der Waals surface area contributed by atoms with E-state index in [1.54, 1.807) is 30.0 Å². The third kappa shape index (κ3) is 3.41. The lowest BCUT2D eigenvalue weighted by molar-refractivity contribution is 0.0928. The van der Waals surface area contributed by atoms with Crippen LogP contribution in [0.1, 0.15) is 49.4 Å². The van der Waals surface area contributed by atoms with Crippen LogP contribution in [-0.2, 0) is 6.54 Å². The van der Waals surface area contributed by atoms with E-state index in [1.807, 2.05) is 6.92 Å². The Hall–Kier alpha value is -2.50. The van der Waals surface area contributed by atoms with Gasteiger partial charge in [-0.05, 0) is 31.9 Å². The van der Waals surface area contributed by atoms with Crippen molar-refractivity contribution < 1.29 is 14.3 Å². The summed E-state index contributed by atoms with van der Waals surface area (Å²) in [5.41, 5.74) is 0.352. The average molecular weight is 358 g/mol. The fourth-order valence-electron chi connectivity index (χ4n) is 3.64. The predicted molar refractivity (Wildman–Crippen MR) is 101 cm³/mol. The molecule has 1 fully saturated rings. The third-order valence-electron chi connectivity index (χ3n) is 5.12. The van der Waals surface area contributed by atoms with Crippen LogP contribution >= 0.6 is 0 Å². The van der Waals surface area contributed by atoms with Gasteiger partial charge in [0.25, 0.3) is 11.5 Å². The van der Waals surface area contributed by atoms with Gasteiger partial charge in [-0.2, -0.15) is 0 Å². The van der Waals surface area contributed by atoms with E-state index in [2.05, 4.69) is 5.32 Å². The van der Waals surface area contributed by atoms with Crippen LogP contribution in [0.3, 0.4) is 0 Å². The minimum absolute atomic E-state index is 0.141. The second kappa shape index (κ2) is 7.81. The van der Waals surface area contributed by atoms with Crippen LogP contribution in [-0.4, -0.2) is 30.7 Å². The number of amides is 1. The number of carbonyl (C=O) groups excluding carboxylic acids is 1. The highest BCUT2D eigenvalue weighted by Gasteiger charge is 2.21. The molecule has 1 aromatic carbocycles. The molecule has 2 aromatic rings. The van der Waals surface area contributed by atoms with Crippen molar-refractivity contribution in [1.82, 2.24) is 9.88 Å². The minimum atomic E-state index is -0.142. The number of fused-ring (bicyclic) bond motifs is 1. The summed E-state index contributed by atoms with van der Waals surface area (Å²) >= 11 is 0. The van der Waals surface area contributed by atoms with Gasteiger partial charge in [0.2, 0.25) is 0 Å². The van der Waals surface area contributed by atoms with Gasteiger partial charge < -0.3 is 19.4 Å². The van der Waals surface area contributed by atoms with Crippen LogP contribution in [0.4, 0.5) is 0 Å². The number of nitrogens with one attached hydrogen (secondary N) is 1. The molecule has 6 nitrogen and oxygen atoms in total. The quantitative estimate of drug-likeness (QED) is 0.892. The molecule has 1 aromatic heterocycles. The highest BCUT2D eigenvalue weighted by molar-refractivity contribution is 6.07. The Morgan fingerprint density at radius 2 is 1.73 bits per heavy atom. The second-order valence-corrected chi connectivity index (χ2v) is 6.70. The molecule has 0 unspecified atom stereocenters. The molecule has 1 aliphatic rings. The fourth-order valence-corrected chi connectivity index (χ4v) is 3.64. The highest BCUT2D eigenvalue weighted by atomic mass is 16.5. The molecule has 0 radical (unpaired) electrons. The van der Waals surface area contributed by atoms with Crippen molar-refractivity contribution >= 4 is 16.7 Å². The molecule has 0 saturated heterocycles. The normalized spacial score (nSPS) is 15.0. The number of ether oxygens (including phenoxy) is 2. The van der Waals surface area contributed by atoms with Crippen LogP contribution < -0.4 is 20.3 Å². The van der Waals surface area contributed by atoms with Gasteiger partial charge in [-0.25, -0.2) is 0 Å². The van der Waals surface area contributed by atoms with E-state index < -0.39 is 0 Å². The fraction of sp³-hybridized carbons (Fsp3) is 0.500. The Morgan fingerprint density at radius 1 is 1.12 bits per heavy atom. The van der Waals surface area contributed by atoms with Gasteiger partial charge in [0, 0.05) is 24.2 Å². The number of hydrogen-bond donors (Lipinski definition) is 1. The van der Waals surface area contributed by atoms with Gasteiger partial charge in [0.1, 0.15) is 0 Å². The van der Waals surface area contributed by atoms with E-state index in [9.17, 15) is 9.59 Å². The van der Waals surface area contributed by atoms with Gasteiger partial charge in [0.15, 0.2) is 11.5 Å². The first kappa shape index (κ1) is 18.3. The summed E-state index contributed by atoms with van der Waals surface area (Å²) in [6, 6.07) is 3.57. The number of pyridine rings is 1. The molecule has 140 valence electrons. The number of rotatable bonds is 5. The third-order valence-corrected chi connectivity index (χ3v) is 5.12. The average Bonchev–Trinajstić information content (AvgIpc) is 2.68. The molecular formula is C20H26N2O4. The lowest BCUT2D eigenvalue weighted by Gasteiger charge is -2.23. The monoisotopic (exact) mass is 358 g/mol. The van der Waals surface area contributed by atoms with Gasteiger partial charge in [-0.3, -0.25) is 9.59 Å². The summed E-state index contributed by atoms with van der Waals surface area (Å²) in [6.45, 7) is 2.38. The molecule has 1 heterocycles. The standard InChI is InChI=1S/C20H26N2O4/c1-4-22-12-16(19(23)21-13-8-6-5-7-9-13)14-10-17(25-2)18(26-3)11-15(14)20(22)24/h10-13H,4-9H2,1-3H3,(H,21,23). The lowest BCUT2D eigenvalue weighted by Crippen LogP contribution is -2.37. The molecular weight excluding hydrogens is 332 g/mol. The zero-order valence-corrected chi connectivity index (χ0v) is 15.6. The smallest absolute Gasteiger partial charge is 0.258 e. The summed E-state index contributed by atoms with van der Waals surface area (Å²) in [5.74, 6) is 0.835. The summed E-state index contributed by atoms with van der Waals surface area (Å²) in [4.78, 5) is 25.7. The van der Waals surface area contributed by atoms with Gasteiger partial charge in [-0.1, -0.05) is 19.3 Å². The molecule has 0 atom stereocenters. The Balaban J connectivity index is 2.11. The maximum absolute atomic E-state index is 13.0. The second-order valence-electron chi connectivity index (χ2n) is 6.70. The van der Waals surface area contributed by atoms with E-state index in [0.717, 1.165) is 25.7 Å². The van der Waals surface area contributed by atoms with Crippen molar-refractivity contribution in [3.63, 3.8) is 0 Å². The Bertz CT molecular complexity index is 866. The summed E-state index contributed by atoms with van der Waals surface area (Å²) < 4.78 is 12.2. The van der Waals surface area contributed by atoms with Crippen LogP contribution in [0.15, 0.2) is 23.1 Å². The van der Waals surface area contributed by atoms with Gasteiger partial charge in [0.05, 0.1) is 25.2 Å². The molecule has 3 rings (SSSR count). The van der Waals surface area contributed by atoms with E-state index in [0.29, 0.717) is 34.4 Å². The first-order valence-corrected chi connectivity index (χ1v) is 9.19. The van der Waals surface area contributed by atoms with Crippen molar-refractivity contribution in [2.24, 2.45) is 0 Å². The SMILES string of the molecule is CCn1cc(C(=O)NC2CCCCC2)c2cc(OC)c(OC)cc2c1=O. The molecule has 1 saturated carbocycles. The lowest BCUT2D eigenvalue weighted by atomic mass is 9.95. The number of hydrogen-bond acceptors (Lipinski definition) is 4. The molecule has 6 heteroatoms. The molecule has 1 aliphatic carbocycles. The van der Waals surface area contributed by atoms with Crippen molar-refractivity contribution in [3.8, 4) is 11.5 Å². The van der Waals surface area contributed by atoms with Crippen molar-refractivity contribution in [3.05, 3.63) is 34.2 Å². The number of carbonyl (C=O) groups is 1. The van der Waals surface area contributed by atoms with Crippen molar-refractivity contribution in [2.75, 3.05) is 14.2 Å². The van der Waals surface area contributed by atoms with Crippen LogP contribution in [0.2, 0.25) is 0 Å². The summed E-state index contributed by atoms with van der Waals surface area (Å²) in [5, 5.41) is 4.19. The molecule has 0 spiro atoms. The van der Waals surface area contributed by atoms with E-state index >= 15 is 0 Å². The topological polar surface area (TPSA) is 69.6 Å². The first-order valence-electron chi connectivity index (χ1n) is 9.19. The van der Waals surface area contributed by atoms with Crippen LogP contribution in [0.5, 0.6) is 11.5 Å². The maximum Gasteiger partial charge on any atom is 0.258 e. The Morgan fingerprint density at radius 3 is 2.31 bits per heavy atom. The van der Waals surface area contributed by atoms with Crippen LogP contribution in [0, 0.1) is 0 Å². The maximum atomic E-state index is 13.0. The first-order chi connectivity index (χ1) is 12.6. The zero-order chi connectivity index (χ0) is 18.7. The number of methoxy groups -OCH3 is 2. The number of benzene rings is 1. The zero-order valence-electron chi connectivity index (χ0n) is 15.6. The Kier molecular flexibility index (Phi) is 5.49. The summed E-state index contributed by atoms with van der Waals surface area (Å²) in [6.07, 6.45) is 7.18. The molecule has 0 aliphatic heterocycles. The van der Waals surface area contributed by atoms with Crippen LogP contribution in [0.25, 0.3) is 10.8 Å². The summed E-state index contributed by atoms with van der Waals surface area (Å²) in [7, 11) is 3.07. The Labute approximate surface area is 153 Å².